The minimum Gasteiger partial charge on any atom is -0.457 e. The van der Waals surface area contributed by atoms with Gasteiger partial charge in [-0.05, 0) is 77.0 Å². The Labute approximate surface area is 354 Å². The van der Waals surface area contributed by atoms with Gasteiger partial charge < -0.3 is 39.4 Å². The van der Waals surface area contributed by atoms with Gasteiger partial charge in [0.1, 0.15) is 30.5 Å². The van der Waals surface area contributed by atoms with Crippen LogP contribution in [0.1, 0.15) is 181 Å². The summed E-state index contributed by atoms with van der Waals surface area (Å²) in [5, 5.41) is 40.1. The molecule has 1 heterocycles. The van der Waals surface area contributed by atoms with E-state index in [9.17, 15) is 25.2 Å². The van der Waals surface area contributed by atoms with Gasteiger partial charge in [-0.3, -0.25) is 4.79 Å². The van der Waals surface area contributed by atoms with Crippen LogP contribution in [0.3, 0.4) is 0 Å². The molecular formula is C49H86O9. The lowest BCUT2D eigenvalue weighted by molar-refractivity contribution is -0.305. The minimum absolute atomic E-state index is 0.121. The van der Waals surface area contributed by atoms with Crippen molar-refractivity contribution >= 4 is 5.97 Å². The smallest absolute Gasteiger partial charge is 0.306 e. The van der Waals surface area contributed by atoms with Gasteiger partial charge in [0.25, 0.3) is 0 Å². The maximum atomic E-state index is 12.8. The summed E-state index contributed by atoms with van der Waals surface area (Å²) < 4.78 is 22.8. The van der Waals surface area contributed by atoms with E-state index >= 15 is 0 Å². The molecule has 0 saturated carbocycles. The highest BCUT2D eigenvalue weighted by Gasteiger charge is 2.44. The first-order valence-corrected chi connectivity index (χ1v) is 23.4. The first-order valence-electron chi connectivity index (χ1n) is 23.4. The largest absolute Gasteiger partial charge is 0.457 e. The van der Waals surface area contributed by atoms with Gasteiger partial charge >= 0.3 is 5.97 Å². The zero-order valence-electron chi connectivity index (χ0n) is 36.8. The minimum atomic E-state index is -1.54. The van der Waals surface area contributed by atoms with Gasteiger partial charge in [0.2, 0.25) is 0 Å². The summed E-state index contributed by atoms with van der Waals surface area (Å²) in [5.41, 5.74) is 0. The Morgan fingerprint density at radius 3 is 1.60 bits per heavy atom. The Hall–Kier alpha value is -2.11. The second-order valence-electron chi connectivity index (χ2n) is 15.8. The van der Waals surface area contributed by atoms with Crippen molar-refractivity contribution in [2.24, 2.45) is 0 Å². The maximum Gasteiger partial charge on any atom is 0.306 e. The summed E-state index contributed by atoms with van der Waals surface area (Å²) in [5.74, 6) is -0.327. The number of ether oxygens (including phenoxy) is 4. The van der Waals surface area contributed by atoms with Crippen LogP contribution in [0, 0.1) is 0 Å². The molecule has 9 heteroatoms. The van der Waals surface area contributed by atoms with Crippen LogP contribution in [-0.2, 0) is 23.7 Å². The fourth-order valence-electron chi connectivity index (χ4n) is 6.77. The first-order chi connectivity index (χ1) is 28.4. The van der Waals surface area contributed by atoms with Gasteiger partial charge in [-0.15, -0.1) is 0 Å². The fourth-order valence-corrected chi connectivity index (χ4v) is 6.77. The van der Waals surface area contributed by atoms with E-state index in [1.807, 2.05) is 0 Å². The number of hydrogen-bond donors (Lipinski definition) is 4. The number of carbonyl (C=O) groups excluding carboxylic acids is 1. The van der Waals surface area contributed by atoms with Gasteiger partial charge in [0.15, 0.2) is 6.29 Å². The monoisotopic (exact) mass is 819 g/mol. The Morgan fingerprint density at radius 2 is 1.05 bits per heavy atom. The lowest BCUT2D eigenvalue weighted by atomic mass is 9.99. The number of aliphatic hydroxyl groups is 4. The van der Waals surface area contributed by atoms with E-state index in [1.54, 1.807) is 0 Å². The molecule has 4 N–H and O–H groups in total. The number of hydrogen-bond acceptors (Lipinski definition) is 9. The molecule has 0 aromatic rings. The zero-order chi connectivity index (χ0) is 42.2. The van der Waals surface area contributed by atoms with Crippen molar-refractivity contribution in [3.63, 3.8) is 0 Å². The van der Waals surface area contributed by atoms with Crippen molar-refractivity contribution in [1.29, 1.82) is 0 Å². The van der Waals surface area contributed by atoms with Gasteiger partial charge in [-0.1, -0.05) is 158 Å². The molecule has 0 aliphatic carbocycles. The zero-order valence-corrected chi connectivity index (χ0v) is 36.8. The van der Waals surface area contributed by atoms with Gasteiger partial charge in [-0.25, -0.2) is 0 Å². The Bertz CT molecular complexity index is 1070. The van der Waals surface area contributed by atoms with Gasteiger partial charge in [0.05, 0.1) is 19.8 Å². The molecule has 9 nitrogen and oxygen atoms in total. The molecule has 6 unspecified atom stereocenters. The van der Waals surface area contributed by atoms with Gasteiger partial charge in [0, 0.05) is 13.0 Å². The van der Waals surface area contributed by atoms with Crippen LogP contribution in [0.2, 0.25) is 0 Å². The van der Waals surface area contributed by atoms with E-state index in [1.165, 1.54) is 83.5 Å². The normalized spacial score (nSPS) is 20.8. The first kappa shape index (κ1) is 53.9. The highest BCUT2D eigenvalue weighted by atomic mass is 16.7. The second-order valence-corrected chi connectivity index (χ2v) is 15.8. The van der Waals surface area contributed by atoms with Gasteiger partial charge in [-0.2, -0.15) is 0 Å². The van der Waals surface area contributed by atoms with Crippen LogP contribution in [0.25, 0.3) is 0 Å². The van der Waals surface area contributed by atoms with Crippen LogP contribution in [-0.4, -0.2) is 89.6 Å². The van der Waals surface area contributed by atoms with Crippen molar-refractivity contribution in [2.75, 3.05) is 26.4 Å². The summed E-state index contributed by atoms with van der Waals surface area (Å²) in [6, 6.07) is 0. The van der Waals surface area contributed by atoms with Crippen molar-refractivity contribution in [1.82, 2.24) is 0 Å². The van der Waals surface area contributed by atoms with Crippen LogP contribution in [0.15, 0.2) is 60.8 Å². The molecule has 0 bridgehead atoms. The number of rotatable bonds is 39. The van der Waals surface area contributed by atoms with E-state index in [-0.39, 0.29) is 19.2 Å². The predicted molar refractivity (Wildman–Crippen MR) is 238 cm³/mol. The SMILES string of the molecule is CC/C=C\C/C=C\C/C=C\C/C=C\CCCCCCCCCCCOCC(COC1OC(CO)C(O)C(O)C1O)OC(=O)CCCCCCC/C=C\CCCCCC. The molecule has 1 aliphatic heterocycles. The highest BCUT2D eigenvalue weighted by Crippen LogP contribution is 2.22. The third kappa shape index (κ3) is 30.9. The Kier molecular flexibility index (Phi) is 37.5. The molecular weight excluding hydrogens is 733 g/mol. The average molecular weight is 819 g/mol. The highest BCUT2D eigenvalue weighted by molar-refractivity contribution is 5.69. The standard InChI is InChI=1S/C49H86O9/c1-3-5-7-9-11-13-15-17-18-19-20-21-22-23-24-25-27-29-31-33-35-37-39-55-41-43(42-56-49-48(54)47(53)46(52)44(40-50)58-49)57-45(51)38-36-34-32-30-28-26-16-14-12-10-8-6-4-2/h5,7,11,13-14,16-18,20-21,43-44,46-50,52-54H,3-4,6,8-10,12,15,19,22-42H2,1-2H3/b7-5-,13-11-,16-14-,18-17-,21-20-. The molecule has 1 fully saturated rings. The molecule has 1 saturated heterocycles. The molecule has 1 aliphatic rings. The summed E-state index contributed by atoms with van der Waals surface area (Å²) in [6.07, 6.45) is 43.9. The van der Waals surface area contributed by atoms with Crippen LogP contribution in [0.5, 0.6) is 0 Å². The molecule has 0 spiro atoms. The molecule has 0 amide bonds. The fraction of sp³-hybridized carbons (Fsp3) is 0.776. The molecule has 0 radical (unpaired) electrons. The lowest BCUT2D eigenvalue weighted by Gasteiger charge is -2.39. The lowest BCUT2D eigenvalue weighted by Crippen LogP contribution is -2.59. The Balaban J connectivity index is 2.23. The molecule has 0 aromatic carbocycles. The van der Waals surface area contributed by atoms with Crippen molar-refractivity contribution < 1.29 is 44.2 Å². The van der Waals surface area contributed by atoms with E-state index < -0.39 is 43.4 Å². The third-order valence-electron chi connectivity index (χ3n) is 10.4. The summed E-state index contributed by atoms with van der Waals surface area (Å²) in [7, 11) is 0. The van der Waals surface area contributed by atoms with Crippen molar-refractivity contribution in [2.45, 2.75) is 218 Å². The summed E-state index contributed by atoms with van der Waals surface area (Å²) in [6.45, 7) is 4.40. The topological polar surface area (TPSA) is 135 Å². The second kappa shape index (κ2) is 40.3. The van der Waals surface area contributed by atoms with Crippen LogP contribution < -0.4 is 0 Å². The number of allylic oxidation sites excluding steroid dienone is 10. The van der Waals surface area contributed by atoms with Crippen LogP contribution >= 0.6 is 0 Å². The third-order valence-corrected chi connectivity index (χ3v) is 10.4. The van der Waals surface area contributed by atoms with E-state index in [2.05, 4.69) is 74.6 Å². The van der Waals surface area contributed by atoms with Crippen LogP contribution in [0.4, 0.5) is 0 Å². The number of esters is 1. The number of aliphatic hydroxyl groups excluding tert-OH is 4. The molecule has 1 rings (SSSR count). The number of carbonyl (C=O) groups is 1. The maximum absolute atomic E-state index is 12.8. The van der Waals surface area contributed by atoms with E-state index in [4.69, 9.17) is 18.9 Å². The quantitative estimate of drug-likeness (QED) is 0.0272. The molecule has 6 atom stereocenters. The van der Waals surface area contributed by atoms with E-state index in [0.717, 1.165) is 77.0 Å². The predicted octanol–water partition coefficient (Wildman–Crippen LogP) is 10.7. The van der Waals surface area contributed by atoms with Crippen molar-refractivity contribution in [3.8, 4) is 0 Å². The summed E-state index contributed by atoms with van der Waals surface area (Å²) >= 11 is 0. The molecule has 0 aromatic heterocycles. The van der Waals surface area contributed by atoms with Crippen molar-refractivity contribution in [3.05, 3.63) is 60.8 Å². The van der Waals surface area contributed by atoms with E-state index in [0.29, 0.717) is 13.0 Å². The Morgan fingerprint density at radius 1 is 0.569 bits per heavy atom. The average Bonchev–Trinajstić information content (AvgIpc) is 3.22. The number of unbranched alkanes of at least 4 members (excludes halogenated alkanes) is 18. The summed E-state index contributed by atoms with van der Waals surface area (Å²) in [4.78, 5) is 12.8. The molecule has 58 heavy (non-hydrogen) atoms. The molecule has 336 valence electrons.